The molecule has 0 spiro atoms. The lowest BCUT2D eigenvalue weighted by Gasteiger charge is -2.05. The van der Waals surface area contributed by atoms with Gasteiger partial charge in [0.15, 0.2) is 11.5 Å². The van der Waals surface area contributed by atoms with Crippen LogP contribution in [0.15, 0.2) is 75.9 Å². The van der Waals surface area contributed by atoms with Crippen molar-refractivity contribution >= 4 is 11.8 Å². The lowest BCUT2D eigenvalue weighted by molar-refractivity contribution is -0.116. The van der Waals surface area contributed by atoms with Gasteiger partial charge in [0.2, 0.25) is 11.8 Å². The van der Waals surface area contributed by atoms with Crippen molar-refractivity contribution in [3.63, 3.8) is 0 Å². The molecule has 6 nitrogen and oxygen atoms in total. The lowest BCUT2D eigenvalue weighted by Crippen LogP contribution is -2.12. The number of hydrogen-bond acceptors (Lipinski definition) is 5. The highest BCUT2D eigenvalue weighted by Crippen LogP contribution is 2.38. The molecule has 0 saturated carbocycles. The molecule has 140 valence electrons. The number of benzene rings is 1. The number of carbonyl (C=O) groups excluding carboxylic acids is 1. The van der Waals surface area contributed by atoms with Gasteiger partial charge in [-0.1, -0.05) is 35.5 Å². The first-order valence-electron chi connectivity index (χ1n) is 9.01. The number of aromatic nitrogens is 2. The number of hydrogen-bond donors (Lipinski definition) is 1. The number of rotatable bonds is 6. The van der Waals surface area contributed by atoms with Gasteiger partial charge < -0.3 is 8.94 Å². The first-order chi connectivity index (χ1) is 13.7. The van der Waals surface area contributed by atoms with E-state index in [0.29, 0.717) is 35.7 Å². The van der Waals surface area contributed by atoms with Gasteiger partial charge in [-0.05, 0) is 48.7 Å². The molecule has 0 aliphatic carbocycles. The fourth-order valence-electron chi connectivity index (χ4n) is 2.98. The summed E-state index contributed by atoms with van der Waals surface area (Å²) in [6.07, 6.45) is 4.35. The Morgan fingerprint density at radius 2 is 1.82 bits per heavy atom. The van der Waals surface area contributed by atoms with Crippen molar-refractivity contribution in [3.8, 4) is 22.6 Å². The second kappa shape index (κ2) is 7.92. The summed E-state index contributed by atoms with van der Waals surface area (Å²) in [5.74, 6) is 1.51. The Labute approximate surface area is 162 Å². The zero-order valence-corrected chi connectivity index (χ0v) is 15.4. The largest absolute Gasteiger partial charge is 0.460 e. The van der Waals surface area contributed by atoms with Crippen molar-refractivity contribution in [1.82, 2.24) is 10.1 Å². The van der Waals surface area contributed by atoms with E-state index >= 15 is 0 Å². The van der Waals surface area contributed by atoms with Crippen molar-refractivity contribution in [2.45, 2.75) is 19.8 Å². The number of amides is 1. The molecule has 1 N–H and O–H groups in total. The summed E-state index contributed by atoms with van der Waals surface area (Å²) >= 11 is 0. The third-order valence-electron chi connectivity index (χ3n) is 4.37. The van der Waals surface area contributed by atoms with E-state index in [1.54, 1.807) is 12.4 Å². The van der Waals surface area contributed by atoms with Crippen LogP contribution in [0.3, 0.4) is 0 Å². The van der Waals surface area contributed by atoms with Gasteiger partial charge in [-0.25, -0.2) is 0 Å². The van der Waals surface area contributed by atoms with Crippen molar-refractivity contribution in [3.05, 3.63) is 78.3 Å². The molecule has 4 rings (SSSR count). The van der Waals surface area contributed by atoms with Crippen molar-refractivity contribution < 1.29 is 13.7 Å². The van der Waals surface area contributed by atoms with Gasteiger partial charge in [0, 0.05) is 18.8 Å². The lowest BCUT2D eigenvalue weighted by atomic mass is 10.1. The predicted octanol–water partition coefficient (Wildman–Crippen LogP) is 4.88. The fraction of sp³-hybridized carbons (Fsp3) is 0.136. The van der Waals surface area contributed by atoms with E-state index in [1.807, 2.05) is 61.5 Å². The first-order valence-corrected chi connectivity index (χ1v) is 9.01. The number of nitrogens with zero attached hydrogens (tertiary/aromatic N) is 2. The fourth-order valence-corrected chi connectivity index (χ4v) is 2.98. The number of carbonyl (C=O) groups is 1. The molecular weight excluding hydrogens is 354 g/mol. The van der Waals surface area contributed by atoms with E-state index in [2.05, 4.69) is 15.5 Å². The summed E-state index contributed by atoms with van der Waals surface area (Å²) in [6, 6.07) is 17.2. The van der Waals surface area contributed by atoms with Crippen LogP contribution in [-0.4, -0.2) is 16.0 Å². The number of anilines is 1. The molecule has 0 fully saturated rings. The van der Waals surface area contributed by atoms with Crippen LogP contribution in [0.2, 0.25) is 0 Å². The molecule has 0 radical (unpaired) electrons. The van der Waals surface area contributed by atoms with Crippen LogP contribution in [0.25, 0.3) is 22.6 Å². The maximum atomic E-state index is 12.5. The van der Waals surface area contributed by atoms with Gasteiger partial charge in [0.1, 0.15) is 5.76 Å². The average molecular weight is 373 g/mol. The van der Waals surface area contributed by atoms with Crippen LogP contribution in [0, 0.1) is 6.92 Å². The van der Waals surface area contributed by atoms with E-state index in [0.717, 1.165) is 16.9 Å². The van der Waals surface area contributed by atoms with Gasteiger partial charge in [-0.3, -0.25) is 15.1 Å². The normalized spacial score (nSPS) is 10.8. The molecule has 0 aliphatic heterocycles. The molecule has 1 amide bonds. The maximum absolute atomic E-state index is 12.5. The molecular formula is C22H19N3O3. The zero-order chi connectivity index (χ0) is 19.3. The molecule has 0 unspecified atom stereocenters. The molecule has 4 aromatic rings. The Bertz CT molecular complexity index is 1070. The third kappa shape index (κ3) is 3.86. The number of aryl methyl sites for hydroxylation is 2. The molecule has 0 aliphatic rings. The monoisotopic (exact) mass is 373 g/mol. The second-order valence-corrected chi connectivity index (χ2v) is 6.42. The van der Waals surface area contributed by atoms with Crippen LogP contribution in [-0.2, 0) is 11.2 Å². The van der Waals surface area contributed by atoms with Crippen molar-refractivity contribution in [2.75, 3.05) is 5.32 Å². The van der Waals surface area contributed by atoms with Crippen molar-refractivity contribution in [1.29, 1.82) is 0 Å². The zero-order valence-electron chi connectivity index (χ0n) is 15.4. The second-order valence-electron chi connectivity index (χ2n) is 6.42. The van der Waals surface area contributed by atoms with Crippen LogP contribution >= 0.6 is 0 Å². The third-order valence-corrected chi connectivity index (χ3v) is 4.37. The van der Waals surface area contributed by atoms with E-state index in [4.69, 9.17) is 8.94 Å². The standard InChI is InChI=1S/C22H19N3O3/c1-15-7-9-18(27-15)21-20(17-11-13-23-14-12-17)22(28-25-21)24-19(26)10-8-16-5-3-2-4-6-16/h2-7,9,11-14H,8,10H2,1H3,(H,24,26). The highest BCUT2D eigenvalue weighted by Gasteiger charge is 2.23. The number of pyridine rings is 1. The van der Waals surface area contributed by atoms with E-state index in [9.17, 15) is 4.79 Å². The molecule has 1 aromatic carbocycles. The Kier molecular flexibility index (Phi) is 5.01. The van der Waals surface area contributed by atoms with Gasteiger partial charge in [-0.15, -0.1) is 0 Å². The molecule has 6 heteroatoms. The quantitative estimate of drug-likeness (QED) is 0.521. The van der Waals surface area contributed by atoms with Crippen LogP contribution in [0.1, 0.15) is 17.7 Å². The van der Waals surface area contributed by atoms with Gasteiger partial charge >= 0.3 is 0 Å². The van der Waals surface area contributed by atoms with E-state index in [-0.39, 0.29) is 5.91 Å². The highest BCUT2D eigenvalue weighted by atomic mass is 16.5. The average Bonchev–Trinajstić information content (AvgIpc) is 3.34. The molecule has 3 aromatic heterocycles. The minimum atomic E-state index is -0.141. The molecule has 0 bridgehead atoms. The van der Waals surface area contributed by atoms with Crippen LogP contribution in [0.4, 0.5) is 5.88 Å². The minimum absolute atomic E-state index is 0.141. The topological polar surface area (TPSA) is 81.2 Å². The molecule has 0 atom stereocenters. The van der Waals surface area contributed by atoms with Gasteiger partial charge in [-0.2, -0.15) is 0 Å². The Morgan fingerprint density at radius 3 is 2.54 bits per heavy atom. The van der Waals surface area contributed by atoms with Gasteiger partial charge in [0.05, 0.1) is 5.56 Å². The summed E-state index contributed by atoms with van der Waals surface area (Å²) in [5, 5.41) is 6.99. The molecule has 3 heterocycles. The summed E-state index contributed by atoms with van der Waals surface area (Å²) in [6.45, 7) is 1.86. The predicted molar refractivity (Wildman–Crippen MR) is 106 cm³/mol. The SMILES string of the molecule is Cc1ccc(-c2noc(NC(=O)CCc3ccccc3)c2-c2ccncc2)o1. The molecule has 0 saturated heterocycles. The minimum Gasteiger partial charge on any atom is -0.460 e. The molecule has 28 heavy (non-hydrogen) atoms. The summed E-state index contributed by atoms with van der Waals surface area (Å²) in [7, 11) is 0. The van der Waals surface area contributed by atoms with Crippen LogP contribution < -0.4 is 5.32 Å². The van der Waals surface area contributed by atoms with E-state index < -0.39 is 0 Å². The number of nitrogens with one attached hydrogen (secondary N) is 1. The van der Waals surface area contributed by atoms with Gasteiger partial charge in [0.25, 0.3) is 0 Å². The van der Waals surface area contributed by atoms with E-state index in [1.165, 1.54) is 0 Å². The Balaban J connectivity index is 1.60. The summed E-state index contributed by atoms with van der Waals surface area (Å²) in [5.41, 5.74) is 3.15. The number of furan rings is 1. The maximum Gasteiger partial charge on any atom is 0.239 e. The van der Waals surface area contributed by atoms with Crippen molar-refractivity contribution in [2.24, 2.45) is 0 Å². The highest BCUT2D eigenvalue weighted by molar-refractivity contribution is 5.96. The van der Waals surface area contributed by atoms with Crippen LogP contribution in [0.5, 0.6) is 0 Å². The summed E-state index contributed by atoms with van der Waals surface area (Å²) in [4.78, 5) is 16.5. The Hall–Kier alpha value is -3.67. The summed E-state index contributed by atoms with van der Waals surface area (Å²) < 4.78 is 11.2. The Morgan fingerprint density at radius 1 is 1.04 bits per heavy atom. The first kappa shape index (κ1) is 17.7. The smallest absolute Gasteiger partial charge is 0.239 e.